The molecule has 3 N–H and O–H groups in total. The van der Waals surface area contributed by atoms with Gasteiger partial charge >= 0.3 is 6.03 Å². The summed E-state index contributed by atoms with van der Waals surface area (Å²) < 4.78 is 0. The second kappa shape index (κ2) is 9.22. The first-order valence-electron chi connectivity index (χ1n) is 9.66. The van der Waals surface area contributed by atoms with Crippen LogP contribution in [0.3, 0.4) is 0 Å². The van der Waals surface area contributed by atoms with Gasteiger partial charge in [0.15, 0.2) is 0 Å². The maximum absolute atomic E-state index is 13.0. The van der Waals surface area contributed by atoms with Crippen LogP contribution in [0.1, 0.15) is 56.6 Å². The van der Waals surface area contributed by atoms with E-state index in [1.54, 1.807) is 0 Å². The molecule has 27 heavy (non-hydrogen) atoms. The quantitative estimate of drug-likeness (QED) is 0.735. The Balaban J connectivity index is 1.72. The van der Waals surface area contributed by atoms with Gasteiger partial charge in [0.25, 0.3) is 0 Å². The SMILES string of the molecule is O=C1CCC[C@H](C(=O)N[C@H](c2cccc(Cl)c2)C2CCCC2)CNC(=O)N1. The van der Waals surface area contributed by atoms with Crippen molar-refractivity contribution in [3.63, 3.8) is 0 Å². The van der Waals surface area contributed by atoms with Crippen LogP contribution >= 0.6 is 11.6 Å². The largest absolute Gasteiger partial charge is 0.349 e. The third-order valence-corrected chi connectivity index (χ3v) is 5.70. The highest BCUT2D eigenvalue weighted by Gasteiger charge is 2.30. The van der Waals surface area contributed by atoms with Crippen LogP contribution in [-0.4, -0.2) is 24.4 Å². The minimum Gasteiger partial charge on any atom is -0.349 e. The fourth-order valence-electron chi connectivity index (χ4n) is 4.02. The van der Waals surface area contributed by atoms with Gasteiger partial charge in [-0.2, -0.15) is 0 Å². The van der Waals surface area contributed by atoms with Gasteiger partial charge in [0, 0.05) is 18.0 Å². The van der Waals surface area contributed by atoms with Gasteiger partial charge in [-0.05, 0) is 49.3 Å². The lowest BCUT2D eigenvalue weighted by molar-refractivity contribution is -0.126. The van der Waals surface area contributed by atoms with Crippen LogP contribution < -0.4 is 16.0 Å². The zero-order valence-electron chi connectivity index (χ0n) is 15.3. The lowest BCUT2D eigenvalue weighted by Gasteiger charge is -2.28. The minimum absolute atomic E-state index is 0.0817. The lowest BCUT2D eigenvalue weighted by Crippen LogP contribution is -2.44. The van der Waals surface area contributed by atoms with Crippen LogP contribution in [0.25, 0.3) is 0 Å². The van der Waals surface area contributed by atoms with Crippen molar-refractivity contribution in [3.8, 4) is 0 Å². The standard InChI is InChI=1S/C20H26ClN3O3/c21-16-9-3-7-14(11-16)18(13-5-1-2-6-13)24-19(26)15-8-4-10-17(25)23-20(27)22-12-15/h3,7,9,11,13,15,18H,1-2,4-6,8,10,12H2,(H,24,26)(H2,22,23,25,27)/t15-,18-/m0/s1. The van der Waals surface area contributed by atoms with Crippen molar-refractivity contribution in [2.24, 2.45) is 11.8 Å². The molecule has 6 nitrogen and oxygen atoms in total. The number of benzene rings is 1. The van der Waals surface area contributed by atoms with Gasteiger partial charge in [0.2, 0.25) is 11.8 Å². The number of hydrogen-bond acceptors (Lipinski definition) is 3. The van der Waals surface area contributed by atoms with E-state index in [0.717, 1.165) is 18.4 Å². The zero-order chi connectivity index (χ0) is 19.2. The normalized spacial score (nSPS) is 22.8. The predicted molar refractivity (Wildman–Crippen MR) is 103 cm³/mol. The third-order valence-electron chi connectivity index (χ3n) is 5.47. The van der Waals surface area contributed by atoms with Crippen LogP contribution in [0.15, 0.2) is 24.3 Å². The monoisotopic (exact) mass is 391 g/mol. The van der Waals surface area contributed by atoms with Gasteiger partial charge in [0.1, 0.15) is 0 Å². The van der Waals surface area contributed by atoms with E-state index in [1.807, 2.05) is 24.3 Å². The Morgan fingerprint density at radius 3 is 2.67 bits per heavy atom. The van der Waals surface area contributed by atoms with Gasteiger partial charge < -0.3 is 10.6 Å². The fraction of sp³-hybridized carbons (Fsp3) is 0.550. The van der Waals surface area contributed by atoms with E-state index in [0.29, 0.717) is 23.8 Å². The first kappa shape index (κ1) is 19.7. The Hall–Kier alpha value is -2.08. The molecule has 1 heterocycles. The van der Waals surface area contributed by atoms with E-state index >= 15 is 0 Å². The summed E-state index contributed by atoms with van der Waals surface area (Å²) in [6, 6.07) is 7.03. The first-order chi connectivity index (χ1) is 13.0. The van der Waals surface area contributed by atoms with Gasteiger partial charge in [-0.25, -0.2) is 4.79 Å². The summed E-state index contributed by atoms with van der Waals surface area (Å²) in [5.41, 5.74) is 1.02. The van der Waals surface area contributed by atoms with E-state index < -0.39 is 6.03 Å². The molecule has 146 valence electrons. The van der Waals surface area contributed by atoms with Crippen molar-refractivity contribution in [2.45, 2.75) is 51.0 Å². The molecule has 2 atom stereocenters. The number of halogens is 1. The van der Waals surface area contributed by atoms with Crippen molar-refractivity contribution in [1.29, 1.82) is 0 Å². The number of rotatable bonds is 4. The van der Waals surface area contributed by atoms with Crippen molar-refractivity contribution >= 4 is 29.4 Å². The Kier molecular flexibility index (Phi) is 6.72. The average Bonchev–Trinajstić information content (AvgIpc) is 3.17. The maximum Gasteiger partial charge on any atom is 0.321 e. The summed E-state index contributed by atoms with van der Waals surface area (Å²) in [6.45, 7) is 0.220. The number of carbonyl (C=O) groups excluding carboxylic acids is 3. The molecule has 7 heteroatoms. The number of carbonyl (C=O) groups is 3. The van der Waals surface area contributed by atoms with Gasteiger partial charge in [0.05, 0.1) is 12.0 Å². The molecular weight excluding hydrogens is 366 g/mol. The van der Waals surface area contributed by atoms with Gasteiger partial charge in [-0.1, -0.05) is 36.6 Å². The Bertz CT molecular complexity index is 703. The van der Waals surface area contributed by atoms with Crippen LogP contribution in [0.5, 0.6) is 0 Å². The van der Waals surface area contributed by atoms with Crippen LogP contribution in [0.4, 0.5) is 4.79 Å². The molecular formula is C20H26ClN3O3. The number of imide groups is 1. The van der Waals surface area contributed by atoms with Gasteiger partial charge in [-0.3, -0.25) is 14.9 Å². The molecule has 1 saturated carbocycles. The molecule has 4 amide bonds. The second-order valence-electron chi connectivity index (χ2n) is 7.43. The van der Waals surface area contributed by atoms with E-state index in [1.165, 1.54) is 12.8 Å². The molecule has 0 bridgehead atoms. The smallest absolute Gasteiger partial charge is 0.321 e. The van der Waals surface area contributed by atoms with E-state index in [4.69, 9.17) is 11.6 Å². The molecule has 0 spiro atoms. The van der Waals surface area contributed by atoms with Crippen molar-refractivity contribution in [3.05, 3.63) is 34.9 Å². The summed E-state index contributed by atoms with van der Waals surface area (Å²) in [7, 11) is 0. The van der Waals surface area contributed by atoms with E-state index in [2.05, 4.69) is 16.0 Å². The molecule has 1 aliphatic carbocycles. The number of urea groups is 1. The van der Waals surface area contributed by atoms with Crippen molar-refractivity contribution < 1.29 is 14.4 Å². The number of amides is 4. The molecule has 0 radical (unpaired) electrons. The summed E-state index contributed by atoms with van der Waals surface area (Å²) in [5.74, 6) is -0.357. The number of hydrogen-bond donors (Lipinski definition) is 3. The van der Waals surface area contributed by atoms with Gasteiger partial charge in [-0.15, -0.1) is 0 Å². The van der Waals surface area contributed by atoms with Crippen molar-refractivity contribution in [1.82, 2.24) is 16.0 Å². The lowest BCUT2D eigenvalue weighted by atomic mass is 9.90. The first-order valence-corrected chi connectivity index (χ1v) is 10.0. The highest BCUT2D eigenvalue weighted by atomic mass is 35.5. The molecule has 0 unspecified atom stereocenters. The molecule has 1 aromatic carbocycles. The third kappa shape index (κ3) is 5.45. The van der Waals surface area contributed by atoms with Crippen molar-refractivity contribution in [2.75, 3.05) is 6.54 Å². The highest BCUT2D eigenvalue weighted by Crippen LogP contribution is 2.36. The summed E-state index contributed by atoms with van der Waals surface area (Å²) in [5, 5.41) is 8.76. The zero-order valence-corrected chi connectivity index (χ0v) is 16.1. The average molecular weight is 392 g/mol. The summed E-state index contributed by atoms with van der Waals surface area (Å²) in [6.07, 6.45) is 5.89. The summed E-state index contributed by atoms with van der Waals surface area (Å²) in [4.78, 5) is 36.2. The van der Waals surface area contributed by atoms with Crippen LogP contribution in [0, 0.1) is 11.8 Å². The molecule has 1 saturated heterocycles. The Morgan fingerprint density at radius 2 is 1.93 bits per heavy atom. The highest BCUT2D eigenvalue weighted by molar-refractivity contribution is 6.30. The second-order valence-corrected chi connectivity index (χ2v) is 7.87. The predicted octanol–water partition coefficient (Wildman–Crippen LogP) is 3.31. The van der Waals surface area contributed by atoms with Crippen LogP contribution in [-0.2, 0) is 9.59 Å². The fourth-order valence-corrected chi connectivity index (χ4v) is 4.22. The maximum atomic E-state index is 13.0. The molecule has 0 aromatic heterocycles. The molecule has 1 aromatic rings. The van der Waals surface area contributed by atoms with E-state index in [-0.39, 0.29) is 36.7 Å². The van der Waals surface area contributed by atoms with E-state index in [9.17, 15) is 14.4 Å². The summed E-state index contributed by atoms with van der Waals surface area (Å²) >= 11 is 6.17. The molecule has 3 rings (SSSR count). The molecule has 2 fully saturated rings. The Labute approximate surface area is 164 Å². The van der Waals surface area contributed by atoms with Crippen LogP contribution in [0.2, 0.25) is 5.02 Å². The topological polar surface area (TPSA) is 87.3 Å². The Morgan fingerprint density at radius 1 is 1.15 bits per heavy atom. The minimum atomic E-state index is -0.540. The molecule has 2 aliphatic rings. The number of nitrogens with one attached hydrogen (secondary N) is 3. The molecule has 1 aliphatic heterocycles.